The first kappa shape index (κ1) is 38.2. The summed E-state index contributed by atoms with van der Waals surface area (Å²) in [6.45, 7) is 10.3. The van der Waals surface area contributed by atoms with Crippen molar-refractivity contribution >= 4 is 68.3 Å². The zero-order valence-corrected chi connectivity index (χ0v) is 38.9. The van der Waals surface area contributed by atoms with Gasteiger partial charge in [-0.25, -0.2) is 4.98 Å². The van der Waals surface area contributed by atoms with Crippen molar-refractivity contribution in [3.63, 3.8) is 0 Å². The predicted octanol–water partition coefficient (Wildman–Crippen LogP) is 13.8. The molecule has 0 aliphatic carbocycles. The summed E-state index contributed by atoms with van der Waals surface area (Å²) in [5.74, 6) is 0.308. The normalized spacial score (nSPS) is 12.6. The Bertz CT molecular complexity index is 3650. The average molecular weight is 1020 g/mol. The van der Waals surface area contributed by atoms with Gasteiger partial charge in [0.2, 0.25) is 5.71 Å². The maximum atomic E-state index is 13.8. The number of para-hydroxylation sites is 3. The third kappa shape index (κ3) is 7.30. The monoisotopic (exact) mass is 1020 g/mol. The van der Waals surface area contributed by atoms with E-state index in [0.717, 1.165) is 99.5 Å². The molecule has 0 fully saturated rings. The Hall–Kier alpha value is -6.51. The van der Waals surface area contributed by atoms with Gasteiger partial charge in [0.05, 0.1) is 36.2 Å². The van der Waals surface area contributed by atoms with Gasteiger partial charge in [-0.15, -0.1) is 42.0 Å². The number of benzene rings is 6. The van der Waals surface area contributed by atoms with Gasteiger partial charge >= 0.3 is 0 Å². The number of nitrogens with zero attached hydrogens (tertiary/aromatic N) is 4. The molecular formula is C54H43FIrN4O2Si-2. The second-order valence-corrected chi connectivity index (χ2v) is 21.8. The fourth-order valence-corrected chi connectivity index (χ4v) is 9.87. The van der Waals surface area contributed by atoms with Crippen LogP contribution in [0.5, 0.6) is 0 Å². The van der Waals surface area contributed by atoms with Gasteiger partial charge in [-0.3, -0.25) is 9.37 Å². The quantitative estimate of drug-likeness (QED) is 0.127. The Morgan fingerprint density at radius 3 is 2.27 bits per heavy atom. The molecule has 313 valence electrons. The van der Waals surface area contributed by atoms with Gasteiger partial charge < -0.3 is 18.4 Å². The first-order valence-corrected chi connectivity index (χ1v) is 24.0. The van der Waals surface area contributed by atoms with E-state index in [9.17, 15) is 4.39 Å². The molecule has 0 aliphatic rings. The minimum Gasteiger partial charge on any atom is -0.486 e. The molecule has 5 heterocycles. The molecule has 0 spiro atoms. The molecule has 6 aromatic carbocycles. The van der Waals surface area contributed by atoms with Crippen LogP contribution in [0.2, 0.25) is 19.6 Å². The summed E-state index contributed by atoms with van der Waals surface area (Å²) in [5.41, 5.74) is 12.8. The maximum Gasteiger partial charge on any atom is 0.216 e. The van der Waals surface area contributed by atoms with Crippen LogP contribution in [-0.4, -0.2) is 27.6 Å². The molecule has 11 rings (SSSR count). The number of hydrogen-bond acceptors (Lipinski definition) is 5. The average Bonchev–Trinajstić information content (AvgIpc) is 3.99. The minimum atomic E-state index is -2.24. The maximum absolute atomic E-state index is 13.8. The SMILES string of the molecule is Cc1cc2c(oc3ccccc32)c(C)c1-n1c(-c2[c-]cc(C)c3c2oc2nc(-c4ccccc4)ccc23)nc2ccccc21.[2H]C([2H])([2H])c1cc(-c2[c-]cccc2F)ncc1[Si](C)(C)C.[Ir]. The van der Waals surface area contributed by atoms with Gasteiger partial charge in [0.15, 0.2) is 0 Å². The Labute approximate surface area is 384 Å². The molecule has 0 bridgehead atoms. The van der Waals surface area contributed by atoms with Crippen molar-refractivity contribution in [2.45, 2.75) is 47.3 Å². The van der Waals surface area contributed by atoms with Crippen LogP contribution in [0.25, 0.3) is 94.6 Å². The standard InChI is InChI=1S/C39H26N3O2.C15H17FNSi.Ir/c1-22-17-18-28(37-34(22)27-19-20-30(41-39(27)44-37)25-11-5-4-6-12-25)38-40-31-14-8-9-15-32(31)42(38)35-23(2)21-29-26-13-7-10-16-33(26)43-36(29)24(35)3;1-11-9-14(12-7-5-6-8-13(12)16)17-10-15(11)18(2,3)4;/h4-17,19-21H,1-3H3;5-6,8-10H,1-4H3;/q2*-1;/i;1D3;. The molecule has 9 heteroatoms. The van der Waals surface area contributed by atoms with Crippen LogP contribution in [-0.2, 0) is 20.1 Å². The number of aryl methyl sites for hydroxylation is 4. The molecule has 0 saturated heterocycles. The third-order valence-corrected chi connectivity index (χ3v) is 13.5. The number of imidazole rings is 1. The van der Waals surface area contributed by atoms with E-state index in [4.69, 9.17) is 22.9 Å². The van der Waals surface area contributed by atoms with Crippen LogP contribution >= 0.6 is 0 Å². The van der Waals surface area contributed by atoms with E-state index in [1.165, 1.54) is 12.1 Å². The molecule has 5 aromatic heterocycles. The van der Waals surface area contributed by atoms with E-state index in [1.807, 2.05) is 42.5 Å². The van der Waals surface area contributed by atoms with Gasteiger partial charge in [0.25, 0.3) is 0 Å². The van der Waals surface area contributed by atoms with Crippen LogP contribution in [0, 0.1) is 45.6 Å². The fourth-order valence-electron chi connectivity index (χ4n) is 8.54. The van der Waals surface area contributed by atoms with Crippen molar-refractivity contribution in [3.05, 3.63) is 174 Å². The van der Waals surface area contributed by atoms with Crippen molar-refractivity contribution in [2.24, 2.45) is 0 Å². The van der Waals surface area contributed by atoms with Crippen molar-refractivity contribution in [3.8, 4) is 39.6 Å². The van der Waals surface area contributed by atoms with Gasteiger partial charge in [-0.05, 0) is 73.5 Å². The molecule has 0 aliphatic heterocycles. The van der Waals surface area contributed by atoms with E-state index < -0.39 is 20.7 Å². The number of rotatable bonds is 5. The summed E-state index contributed by atoms with van der Waals surface area (Å²) in [6, 6.07) is 47.3. The van der Waals surface area contributed by atoms with Crippen LogP contribution in [0.15, 0.2) is 142 Å². The molecular weight excluding hydrogens is 976 g/mol. The van der Waals surface area contributed by atoms with Crippen LogP contribution < -0.4 is 5.19 Å². The van der Waals surface area contributed by atoms with Gasteiger partial charge in [0, 0.05) is 69.2 Å². The van der Waals surface area contributed by atoms with E-state index in [-0.39, 0.29) is 31.2 Å². The number of fused-ring (bicyclic) bond motifs is 7. The fraction of sp³-hybridized carbons (Fsp3) is 0.130. The summed E-state index contributed by atoms with van der Waals surface area (Å²) >= 11 is 0. The van der Waals surface area contributed by atoms with E-state index >= 15 is 0 Å². The van der Waals surface area contributed by atoms with Crippen molar-refractivity contribution in [1.29, 1.82) is 0 Å². The van der Waals surface area contributed by atoms with E-state index in [1.54, 1.807) is 18.3 Å². The molecule has 0 amide bonds. The molecule has 0 atom stereocenters. The van der Waals surface area contributed by atoms with Crippen LogP contribution in [0.4, 0.5) is 4.39 Å². The van der Waals surface area contributed by atoms with Crippen LogP contribution in [0.1, 0.15) is 26.4 Å². The first-order chi connectivity index (χ1) is 31.2. The summed E-state index contributed by atoms with van der Waals surface area (Å²) in [5, 5.41) is 5.02. The molecule has 6 nitrogen and oxygen atoms in total. The second kappa shape index (κ2) is 16.3. The number of pyridine rings is 2. The number of aromatic nitrogens is 4. The second-order valence-electron chi connectivity index (χ2n) is 16.7. The van der Waals surface area contributed by atoms with E-state index in [2.05, 4.69) is 123 Å². The van der Waals surface area contributed by atoms with Gasteiger partial charge in [0.1, 0.15) is 11.2 Å². The molecule has 1 radical (unpaired) electrons. The zero-order chi connectivity index (χ0) is 45.4. The number of hydrogen-bond donors (Lipinski definition) is 0. The Balaban J connectivity index is 0.000000211. The van der Waals surface area contributed by atoms with Crippen molar-refractivity contribution < 1.29 is 37.4 Å². The van der Waals surface area contributed by atoms with Crippen molar-refractivity contribution in [1.82, 2.24) is 19.5 Å². The summed E-state index contributed by atoms with van der Waals surface area (Å²) in [4.78, 5) is 14.4. The van der Waals surface area contributed by atoms with Crippen molar-refractivity contribution in [2.75, 3.05) is 0 Å². The summed E-state index contributed by atoms with van der Waals surface area (Å²) in [7, 11) is -1.85. The predicted molar refractivity (Wildman–Crippen MR) is 254 cm³/mol. The first-order valence-electron chi connectivity index (χ1n) is 22.0. The smallest absolute Gasteiger partial charge is 0.216 e. The third-order valence-electron chi connectivity index (χ3n) is 11.5. The molecule has 63 heavy (non-hydrogen) atoms. The van der Waals surface area contributed by atoms with Gasteiger partial charge in [-0.1, -0.05) is 115 Å². The molecule has 0 saturated carbocycles. The molecule has 0 unspecified atom stereocenters. The Morgan fingerprint density at radius 2 is 1.48 bits per heavy atom. The summed E-state index contributed by atoms with van der Waals surface area (Å²) < 4.78 is 52.3. The number of halogens is 1. The Morgan fingerprint density at radius 1 is 0.698 bits per heavy atom. The van der Waals surface area contributed by atoms with Gasteiger partial charge in [-0.2, -0.15) is 0 Å². The zero-order valence-electron chi connectivity index (χ0n) is 38.5. The Kier molecular flexibility index (Phi) is 9.89. The van der Waals surface area contributed by atoms with Crippen LogP contribution in [0.3, 0.4) is 0 Å². The molecule has 11 aromatic rings. The van der Waals surface area contributed by atoms with E-state index in [0.29, 0.717) is 11.4 Å². The summed E-state index contributed by atoms with van der Waals surface area (Å²) in [6.07, 6.45) is 1.59. The topological polar surface area (TPSA) is 69.9 Å². The largest absolute Gasteiger partial charge is 0.486 e. The molecule has 0 N–H and O–H groups in total. The minimum absolute atomic E-state index is 0. The number of furan rings is 2.